The Morgan fingerprint density at radius 1 is 0.407 bits per heavy atom. The van der Waals surface area contributed by atoms with Crippen molar-refractivity contribution in [3.8, 4) is 56.4 Å². The number of benzene rings is 8. The number of hydrogen-bond donors (Lipinski definition) is 0. The van der Waals surface area contributed by atoms with Crippen molar-refractivity contribution < 1.29 is 4.42 Å². The van der Waals surface area contributed by atoms with Gasteiger partial charge in [-0.1, -0.05) is 159 Å². The van der Waals surface area contributed by atoms with Crippen molar-refractivity contribution in [1.82, 2.24) is 15.0 Å². The molecule has 0 saturated carbocycles. The number of aromatic nitrogens is 3. The topological polar surface area (TPSA) is 55.1 Å². The van der Waals surface area contributed by atoms with Gasteiger partial charge in [0.05, 0.1) is 11.1 Å². The maximum absolute atomic E-state index is 6.74. The van der Waals surface area contributed by atoms with E-state index in [0.29, 0.717) is 17.5 Å². The predicted molar refractivity (Wildman–Crippen MR) is 241 cm³/mol. The third-order valence-electron chi connectivity index (χ3n) is 11.7. The van der Waals surface area contributed by atoms with Gasteiger partial charge in [-0.05, 0) is 81.9 Å². The Morgan fingerprint density at radius 3 is 1.63 bits per heavy atom. The fourth-order valence-electron chi connectivity index (χ4n) is 8.76. The van der Waals surface area contributed by atoms with E-state index in [1.54, 1.807) is 0 Å². The summed E-state index contributed by atoms with van der Waals surface area (Å²) in [6, 6.07) is 67.9. The summed E-state index contributed by atoms with van der Waals surface area (Å²) >= 11 is 0. The highest BCUT2D eigenvalue weighted by molar-refractivity contribution is 6.14. The molecule has 0 bridgehead atoms. The molecule has 8 aromatic carbocycles. The van der Waals surface area contributed by atoms with E-state index in [2.05, 4.69) is 152 Å². The van der Waals surface area contributed by atoms with Gasteiger partial charge in [0.25, 0.3) is 0 Å². The highest BCUT2D eigenvalue weighted by Crippen LogP contribution is 2.51. The van der Waals surface area contributed by atoms with Crippen LogP contribution >= 0.6 is 0 Å². The standard InChI is InChI=1S/C54H38N4O/c1-54(2)45-22-13-12-21-42(45)43-32-30-41(34-46(43)54)58(40-28-25-36(26-29-40)35-15-6-3-7-16-35)47-23-14-24-48-50(47)44-31-27-39(33-49(44)59-48)53-56-51(37-17-8-4-9-18-37)55-52(57-53)38-19-10-5-11-20-38/h3-34H,1-2H3. The second kappa shape index (κ2) is 13.8. The zero-order valence-electron chi connectivity index (χ0n) is 32.7. The van der Waals surface area contributed by atoms with Gasteiger partial charge in [-0.15, -0.1) is 0 Å². The third-order valence-corrected chi connectivity index (χ3v) is 11.7. The number of hydrogen-bond acceptors (Lipinski definition) is 5. The Bertz CT molecular complexity index is 3120. The van der Waals surface area contributed by atoms with Crippen LogP contribution in [0.4, 0.5) is 17.1 Å². The van der Waals surface area contributed by atoms with Gasteiger partial charge in [-0.25, -0.2) is 15.0 Å². The summed E-state index contributed by atoms with van der Waals surface area (Å²) in [5.41, 5.74) is 14.9. The van der Waals surface area contributed by atoms with E-state index in [-0.39, 0.29) is 5.41 Å². The highest BCUT2D eigenvalue weighted by atomic mass is 16.3. The van der Waals surface area contributed by atoms with Gasteiger partial charge in [0.15, 0.2) is 17.5 Å². The van der Waals surface area contributed by atoms with Crippen molar-refractivity contribution in [1.29, 1.82) is 0 Å². The number of furan rings is 1. The van der Waals surface area contributed by atoms with Crippen LogP contribution in [0.3, 0.4) is 0 Å². The van der Waals surface area contributed by atoms with Crippen molar-refractivity contribution >= 4 is 39.0 Å². The molecule has 2 heterocycles. The van der Waals surface area contributed by atoms with Gasteiger partial charge in [-0.2, -0.15) is 0 Å². The number of fused-ring (bicyclic) bond motifs is 6. The molecule has 2 aromatic heterocycles. The van der Waals surface area contributed by atoms with E-state index >= 15 is 0 Å². The molecule has 0 atom stereocenters. The van der Waals surface area contributed by atoms with Crippen LogP contribution in [0.2, 0.25) is 0 Å². The molecule has 1 aliphatic rings. The first-order valence-electron chi connectivity index (χ1n) is 20.0. The summed E-state index contributed by atoms with van der Waals surface area (Å²) in [6.07, 6.45) is 0. The number of rotatable bonds is 7. The zero-order chi connectivity index (χ0) is 39.5. The minimum absolute atomic E-state index is 0.148. The molecule has 5 nitrogen and oxygen atoms in total. The Kier molecular flexibility index (Phi) is 8.09. The first-order valence-corrected chi connectivity index (χ1v) is 20.0. The van der Waals surface area contributed by atoms with Crippen LogP contribution in [0.5, 0.6) is 0 Å². The minimum Gasteiger partial charge on any atom is -0.456 e. The van der Waals surface area contributed by atoms with E-state index in [0.717, 1.165) is 55.7 Å². The molecule has 11 rings (SSSR count). The van der Waals surface area contributed by atoms with Gasteiger partial charge in [-0.3, -0.25) is 0 Å². The Hall–Kier alpha value is -7.63. The van der Waals surface area contributed by atoms with Crippen LogP contribution in [-0.4, -0.2) is 15.0 Å². The van der Waals surface area contributed by atoms with E-state index in [9.17, 15) is 0 Å². The van der Waals surface area contributed by atoms with E-state index in [4.69, 9.17) is 19.4 Å². The molecule has 1 aliphatic carbocycles. The van der Waals surface area contributed by atoms with Crippen LogP contribution in [-0.2, 0) is 5.41 Å². The Morgan fingerprint density at radius 2 is 0.949 bits per heavy atom. The Balaban J connectivity index is 1.07. The predicted octanol–water partition coefficient (Wildman–Crippen LogP) is 14.2. The summed E-state index contributed by atoms with van der Waals surface area (Å²) in [5.74, 6) is 1.83. The quantitative estimate of drug-likeness (QED) is 0.162. The fraction of sp³-hybridized carbons (Fsp3) is 0.0556. The number of nitrogens with zero attached hydrogens (tertiary/aromatic N) is 4. The van der Waals surface area contributed by atoms with Crippen molar-refractivity contribution in [2.45, 2.75) is 19.3 Å². The summed E-state index contributed by atoms with van der Waals surface area (Å²) in [7, 11) is 0. The molecule has 0 unspecified atom stereocenters. The highest BCUT2D eigenvalue weighted by Gasteiger charge is 2.36. The number of anilines is 3. The molecule has 0 aliphatic heterocycles. The van der Waals surface area contributed by atoms with Gasteiger partial charge in [0.2, 0.25) is 0 Å². The smallest absolute Gasteiger partial charge is 0.164 e. The molecule has 0 radical (unpaired) electrons. The second-order valence-corrected chi connectivity index (χ2v) is 15.7. The van der Waals surface area contributed by atoms with E-state index in [1.165, 1.54) is 33.4 Å². The average Bonchev–Trinajstić information content (AvgIpc) is 3.79. The summed E-state index contributed by atoms with van der Waals surface area (Å²) in [5, 5.41) is 2.05. The normalized spacial score (nSPS) is 12.7. The SMILES string of the molecule is CC1(C)c2ccccc2-c2ccc(N(c3ccc(-c4ccccc4)cc3)c3cccc4oc5cc(-c6nc(-c7ccccc7)nc(-c7ccccc7)n6)ccc5c34)cc21. The lowest BCUT2D eigenvalue weighted by Gasteiger charge is -2.28. The van der Waals surface area contributed by atoms with Crippen molar-refractivity contribution in [2.24, 2.45) is 0 Å². The van der Waals surface area contributed by atoms with Crippen molar-refractivity contribution in [3.63, 3.8) is 0 Å². The lowest BCUT2D eigenvalue weighted by molar-refractivity contribution is 0.660. The molecule has 0 fully saturated rings. The van der Waals surface area contributed by atoms with Crippen LogP contribution < -0.4 is 4.90 Å². The van der Waals surface area contributed by atoms with Crippen LogP contribution in [0.15, 0.2) is 199 Å². The molecule has 0 amide bonds. The van der Waals surface area contributed by atoms with Gasteiger partial charge in [0, 0.05) is 38.9 Å². The molecule has 0 N–H and O–H groups in total. The summed E-state index contributed by atoms with van der Waals surface area (Å²) < 4.78 is 6.74. The van der Waals surface area contributed by atoms with E-state index in [1.807, 2.05) is 60.7 Å². The lowest BCUT2D eigenvalue weighted by atomic mass is 9.82. The molecule has 0 spiro atoms. The minimum atomic E-state index is -0.148. The largest absolute Gasteiger partial charge is 0.456 e. The van der Waals surface area contributed by atoms with Crippen LogP contribution in [0, 0.1) is 0 Å². The third kappa shape index (κ3) is 5.90. The first kappa shape index (κ1) is 34.6. The van der Waals surface area contributed by atoms with Gasteiger partial charge in [0.1, 0.15) is 11.2 Å². The van der Waals surface area contributed by atoms with Gasteiger partial charge >= 0.3 is 0 Å². The molecule has 280 valence electrons. The van der Waals surface area contributed by atoms with Crippen LogP contribution in [0.1, 0.15) is 25.0 Å². The molecule has 59 heavy (non-hydrogen) atoms. The second-order valence-electron chi connectivity index (χ2n) is 15.7. The van der Waals surface area contributed by atoms with Crippen LogP contribution in [0.25, 0.3) is 78.4 Å². The maximum atomic E-state index is 6.74. The first-order chi connectivity index (χ1) is 29.0. The molecule has 0 saturated heterocycles. The van der Waals surface area contributed by atoms with E-state index < -0.39 is 0 Å². The summed E-state index contributed by atoms with van der Waals surface area (Å²) in [4.78, 5) is 17.3. The van der Waals surface area contributed by atoms with Crippen molar-refractivity contribution in [3.05, 3.63) is 205 Å². The molecule has 5 heteroatoms. The fourth-order valence-corrected chi connectivity index (χ4v) is 8.76. The monoisotopic (exact) mass is 758 g/mol. The van der Waals surface area contributed by atoms with Gasteiger partial charge < -0.3 is 9.32 Å². The van der Waals surface area contributed by atoms with Crippen molar-refractivity contribution in [2.75, 3.05) is 4.90 Å². The summed E-state index contributed by atoms with van der Waals surface area (Å²) in [6.45, 7) is 4.67. The molecular weight excluding hydrogens is 721 g/mol. The Labute approximate surface area is 342 Å². The molecular formula is C54H38N4O. The zero-order valence-corrected chi connectivity index (χ0v) is 32.7. The average molecular weight is 759 g/mol. The lowest BCUT2D eigenvalue weighted by Crippen LogP contribution is -2.16. The maximum Gasteiger partial charge on any atom is 0.164 e. The molecule has 10 aromatic rings.